The second-order valence-corrected chi connectivity index (χ2v) is 13.1. The van der Waals surface area contributed by atoms with Crippen LogP contribution in [0.25, 0.3) is 55.9 Å². The molecule has 0 saturated heterocycles. The van der Waals surface area contributed by atoms with Gasteiger partial charge in [-0.3, -0.25) is 0 Å². The van der Waals surface area contributed by atoms with Gasteiger partial charge < -0.3 is 5.32 Å². The van der Waals surface area contributed by atoms with Crippen LogP contribution in [-0.4, -0.2) is 10.8 Å². The fourth-order valence-electron chi connectivity index (χ4n) is 7.06. The lowest BCUT2D eigenvalue weighted by Crippen LogP contribution is -2.32. The molecule has 0 amide bonds. The molecule has 1 N–H and O–H groups in total. The SMILES string of the molecule is c1ccc(-c2cc(C3=Nc4cc(-c5ccccc5)ccc4C(c4ccccc4)N3)cc(-c3cc(-c4ccccc4)cc(-c4ccccc4)n3)c2)cc1. The van der Waals surface area contributed by atoms with Gasteiger partial charge in [0.2, 0.25) is 0 Å². The summed E-state index contributed by atoms with van der Waals surface area (Å²) in [6, 6.07) is 70.4. The summed E-state index contributed by atoms with van der Waals surface area (Å²) >= 11 is 0. The van der Waals surface area contributed by atoms with Gasteiger partial charge in [0.15, 0.2) is 0 Å². The zero-order chi connectivity index (χ0) is 34.7. The summed E-state index contributed by atoms with van der Waals surface area (Å²) in [5, 5.41) is 3.86. The molecule has 0 fully saturated rings. The summed E-state index contributed by atoms with van der Waals surface area (Å²) in [6.45, 7) is 0. The van der Waals surface area contributed by atoms with E-state index in [9.17, 15) is 0 Å². The van der Waals surface area contributed by atoms with Gasteiger partial charge >= 0.3 is 0 Å². The molecule has 1 aliphatic heterocycles. The van der Waals surface area contributed by atoms with Gasteiger partial charge in [-0.1, -0.05) is 164 Å². The molecule has 0 saturated carbocycles. The van der Waals surface area contributed by atoms with Crippen LogP contribution in [-0.2, 0) is 0 Å². The van der Waals surface area contributed by atoms with E-state index in [1.54, 1.807) is 0 Å². The molecular weight excluding hydrogens is 631 g/mol. The Balaban J connectivity index is 1.24. The number of hydrogen-bond donors (Lipinski definition) is 1. The fraction of sp³-hybridized carbons (Fsp3) is 0.0204. The summed E-state index contributed by atoms with van der Waals surface area (Å²) in [7, 11) is 0. The smallest absolute Gasteiger partial charge is 0.134 e. The number of nitrogens with zero attached hydrogens (tertiary/aromatic N) is 2. The first-order valence-corrected chi connectivity index (χ1v) is 17.7. The number of pyridine rings is 1. The highest BCUT2D eigenvalue weighted by molar-refractivity contribution is 6.04. The largest absolute Gasteiger partial charge is 0.359 e. The Kier molecular flexibility index (Phi) is 8.28. The van der Waals surface area contributed by atoms with E-state index >= 15 is 0 Å². The van der Waals surface area contributed by atoms with Gasteiger partial charge in [0.25, 0.3) is 0 Å². The number of fused-ring (bicyclic) bond motifs is 1. The second-order valence-electron chi connectivity index (χ2n) is 13.1. The minimum Gasteiger partial charge on any atom is -0.359 e. The molecule has 246 valence electrons. The highest BCUT2D eigenvalue weighted by Crippen LogP contribution is 2.39. The molecule has 52 heavy (non-hydrogen) atoms. The van der Waals surface area contributed by atoms with Gasteiger partial charge in [-0.15, -0.1) is 0 Å². The van der Waals surface area contributed by atoms with Crippen LogP contribution in [0.3, 0.4) is 0 Å². The van der Waals surface area contributed by atoms with E-state index < -0.39 is 0 Å². The van der Waals surface area contributed by atoms with Crippen LogP contribution in [0, 0.1) is 0 Å². The number of aromatic nitrogens is 1. The van der Waals surface area contributed by atoms with Crippen molar-refractivity contribution in [3.05, 3.63) is 217 Å². The highest BCUT2D eigenvalue weighted by atomic mass is 15.1. The Morgan fingerprint density at radius 3 is 1.40 bits per heavy atom. The van der Waals surface area contributed by atoms with E-state index in [0.29, 0.717) is 0 Å². The lowest BCUT2D eigenvalue weighted by Gasteiger charge is -2.28. The predicted molar refractivity (Wildman–Crippen MR) is 215 cm³/mol. The lowest BCUT2D eigenvalue weighted by atomic mass is 9.91. The molecule has 0 aliphatic carbocycles. The molecule has 3 heteroatoms. The Hall–Kier alpha value is -6.84. The molecule has 2 heterocycles. The minimum atomic E-state index is -0.0680. The van der Waals surface area contributed by atoms with Crippen LogP contribution in [0.5, 0.6) is 0 Å². The first kappa shape index (κ1) is 31.2. The second kappa shape index (κ2) is 13.8. The number of nitrogens with one attached hydrogen (secondary N) is 1. The van der Waals surface area contributed by atoms with E-state index in [-0.39, 0.29) is 6.04 Å². The van der Waals surface area contributed by atoms with Crippen LogP contribution in [0.2, 0.25) is 0 Å². The van der Waals surface area contributed by atoms with E-state index in [1.807, 2.05) is 6.07 Å². The maximum absolute atomic E-state index is 5.36. The summed E-state index contributed by atoms with van der Waals surface area (Å²) in [4.78, 5) is 10.7. The normalized spacial score (nSPS) is 13.5. The van der Waals surface area contributed by atoms with E-state index in [0.717, 1.165) is 73.0 Å². The summed E-state index contributed by atoms with van der Waals surface area (Å²) < 4.78 is 0. The maximum Gasteiger partial charge on any atom is 0.134 e. The average Bonchev–Trinajstić information content (AvgIpc) is 3.24. The summed E-state index contributed by atoms with van der Waals surface area (Å²) in [5.74, 6) is 0.827. The van der Waals surface area contributed by atoms with Crippen molar-refractivity contribution in [2.45, 2.75) is 6.04 Å². The van der Waals surface area contributed by atoms with Crippen molar-refractivity contribution < 1.29 is 0 Å². The number of rotatable bonds is 7. The van der Waals surface area contributed by atoms with E-state index in [4.69, 9.17) is 9.98 Å². The van der Waals surface area contributed by atoms with Crippen molar-refractivity contribution in [1.82, 2.24) is 10.3 Å². The topological polar surface area (TPSA) is 37.3 Å². The standard InChI is InChI=1S/C49H35N3/c1-6-16-34(17-7-1)39-26-27-44-47(31-39)51-49(52-48(44)38-24-14-5-15-25-38)43-29-40(35-18-8-2-9-19-35)28-42(30-43)46-33-41(36-20-10-3-11-21-36)32-45(50-46)37-22-12-4-13-23-37/h1-33,48H,(H,51,52). The van der Waals surface area contributed by atoms with Gasteiger partial charge in [-0.25, -0.2) is 9.98 Å². The third-order valence-corrected chi connectivity index (χ3v) is 9.71. The van der Waals surface area contributed by atoms with Crippen molar-refractivity contribution in [1.29, 1.82) is 0 Å². The zero-order valence-electron chi connectivity index (χ0n) is 28.5. The van der Waals surface area contributed by atoms with Crippen LogP contribution in [0.15, 0.2) is 205 Å². The maximum atomic E-state index is 5.36. The monoisotopic (exact) mass is 665 g/mol. The van der Waals surface area contributed by atoms with Crippen molar-refractivity contribution in [2.24, 2.45) is 4.99 Å². The predicted octanol–water partition coefficient (Wildman–Crippen LogP) is 12.2. The lowest BCUT2D eigenvalue weighted by molar-refractivity contribution is 0.749. The van der Waals surface area contributed by atoms with E-state index in [2.05, 4.69) is 199 Å². The van der Waals surface area contributed by atoms with Crippen LogP contribution < -0.4 is 5.32 Å². The van der Waals surface area contributed by atoms with Gasteiger partial charge in [0.05, 0.1) is 23.1 Å². The summed E-state index contributed by atoms with van der Waals surface area (Å²) in [5.41, 5.74) is 15.1. The highest BCUT2D eigenvalue weighted by Gasteiger charge is 2.25. The Morgan fingerprint density at radius 2 is 0.808 bits per heavy atom. The van der Waals surface area contributed by atoms with Crippen molar-refractivity contribution in [3.8, 4) is 55.9 Å². The molecule has 9 rings (SSSR count). The molecule has 0 radical (unpaired) electrons. The molecule has 1 aliphatic rings. The van der Waals surface area contributed by atoms with Crippen LogP contribution >= 0.6 is 0 Å². The number of amidine groups is 1. The van der Waals surface area contributed by atoms with Gasteiger partial charge in [-0.05, 0) is 75.3 Å². The molecule has 7 aromatic carbocycles. The Bertz CT molecular complexity index is 2450. The fourth-order valence-corrected chi connectivity index (χ4v) is 7.06. The van der Waals surface area contributed by atoms with Gasteiger partial charge in [0.1, 0.15) is 5.84 Å². The average molecular weight is 666 g/mol. The van der Waals surface area contributed by atoms with Crippen molar-refractivity contribution >= 4 is 11.5 Å². The van der Waals surface area contributed by atoms with Crippen molar-refractivity contribution in [2.75, 3.05) is 0 Å². The van der Waals surface area contributed by atoms with Crippen molar-refractivity contribution in [3.63, 3.8) is 0 Å². The Labute approximate surface area is 304 Å². The zero-order valence-corrected chi connectivity index (χ0v) is 28.5. The molecule has 8 aromatic rings. The first-order valence-electron chi connectivity index (χ1n) is 17.7. The molecule has 3 nitrogen and oxygen atoms in total. The number of aliphatic imine (C=N–C) groups is 1. The van der Waals surface area contributed by atoms with E-state index in [1.165, 1.54) is 11.1 Å². The molecule has 0 spiro atoms. The Morgan fingerprint density at radius 1 is 0.346 bits per heavy atom. The third-order valence-electron chi connectivity index (χ3n) is 9.71. The van der Waals surface area contributed by atoms with Crippen LogP contribution in [0.4, 0.5) is 5.69 Å². The third kappa shape index (κ3) is 6.32. The van der Waals surface area contributed by atoms with Gasteiger partial charge in [0, 0.05) is 22.3 Å². The quantitative estimate of drug-likeness (QED) is 0.184. The number of hydrogen-bond acceptors (Lipinski definition) is 3. The molecule has 1 atom stereocenters. The molecule has 1 unspecified atom stereocenters. The molecule has 0 bridgehead atoms. The van der Waals surface area contributed by atoms with Gasteiger partial charge in [-0.2, -0.15) is 0 Å². The first-order chi connectivity index (χ1) is 25.7. The molecular formula is C49H35N3. The van der Waals surface area contributed by atoms with Crippen LogP contribution in [0.1, 0.15) is 22.7 Å². The number of benzene rings is 7. The summed E-state index contributed by atoms with van der Waals surface area (Å²) in [6.07, 6.45) is 0. The molecule has 1 aromatic heterocycles. The minimum absolute atomic E-state index is 0.0680.